The number of halogens is 2. The number of rotatable bonds is 12. The summed E-state index contributed by atoms with van der Waals surface area (Å²) >= 11 is 6.07. The van der Waals surface area contributed by atoms with Crippen LogP contribution in [0.2, 0.25) is 5.02 Å². The van der Waals surface area contributed by atoms with Crippen molar-refractivity contribution in [2.45, 2.75) is 45.7 Å². The van der Waals surface area contributed by atoms with Crippen LogP contribution in [-0.2, 0) is 26.2 Å². The van der Waals surface area contributed by atoms with E-state index >= 15 is 0 Å². The van der Waals surface area contributed by atoms with Gasteiger partial charge in [0, 0.05) is 31.1 Å². The van der Waals surface area contributed by atoms with Gasteiger partial charge in [0.05, 0.1) is 11.9 Å². The molecule has 186 valence electrons. The maximum absolute atomic E-state index is 14.2. The summed E-state index contributed by atoms with van der Waals surface area (Å²) < 4.78 is 39.7. The molecule has 34 heavy (non-hydrogen) atoms. The number of amides is 2. The summed E-state index contributed by atoms with van der Waals surface area (Å²) in [7, 11) is -3.76. The first-order valence-corrected chi connectivity index (χ1v) is 13.3. The van der Waals surface area contributed by atoms with E-state index in [0.717, 1.165) is 22.5 Å². The van der Waals surface area contributed by atoms with Crippen molar-refractivity contribution in [3.05, 3.63) is 64.9 Å². The van der Waals surface area contributed by atoms with E-state index < -0.39 is 21.9 Å². The van der Waals surface area contributed by atoms with E-state index in [9.17, 15) is 22.4 Å². The molecule has 0 radical (unpaired) electrons. The first-order chi connectivity index (χ1) is 16.0. The van der Waals surface area contributed by atoms with Crippen molar-refractivity contribution in [1.82, 2.24) is 10.2 Å². The first kappa shape index (κ1) is 27.6. The van der Waals surface area contributed by atoms with Crippen LogP contribution in [0.3, 0.4) is 0 Å². The first-order valence-electron chi connectivity index (χ1n) is 11.1. The zero-order valence-corrected chi connectivity index (χ0v) is 21.2. The molecule has 1 N–H and O–H groups in total. The van der Waals surface area contributed by atoms with Gasteiger partial charge in [-0.2, -0.15) is 0 Å². The number of anilines is 1. The maximum atomic E-state index is 14.2. The smallest absolute Gasteiger partial charge is 0.242 e. The van der Waals surface area contributed by atoms with E-state index in [4.69, 9.17) is 11.6 Å². The van der Waals surface area contributed by atoms with Crippen LogP contribution in [0.25, 0.3) is 0 Å². The number of para-hydroxylation sites is 1. The molecule has 0 bridgehead atoms. The molecule has 0 aliphatic heterocycles. The number of nitrogens with zero attached hydrogens (tertiary/aromatic N) is 2. The SMILES string of the molecule is CCCNC(=O)C(C)N(Cc1cccc(Cl)c1)C(=O)CCCN(c1ccccc1F)S(C)(=O)=O. The second kappa shape index (κ2) is 12.7. The van der Waals surface area contributed by atoms with Gasteiger partial charge in [-0.3, -0.25) is 13.9 Å². The van der Waals surface area contributed by atoms with Crippen molar-refractivity contribution >= 4 is 39.1 Å². The lowest BCUT2D eigenvalue weighted by Crippen LogP contribution is -2.47. The molecule has 2 amide bonds. The van der Waals surface area contributed by atoms with E-state index in [1.54, 1.807) is 31.2 Å². The van der Waals surface area contributed by atoms with Gasteiger partial charge >= 0.3 is 0 Å². The van der Waals surface area contributed by atoms with E-state index in [1.165, 1.54) is 23.1 Å². The van der Waals surface area contributed by atoms with Crippen molar-refractivity contribution in [2.75, 3.05) is 23.7 Å². The Morgan fingerprint density at radius 2 is 1.85 bits per heavy atom. The zero-order valence-electron chi connectivity index (χ0n) is 19.6. The van der Waals surface area contributed by atoms with E-state index in [-0.39, 0.29) is 43.4 Å². The Morgan fingerprint density at radius 1 is 1.15 bits per heavy atom. The van der Waals surface area contributed by atoms with Crippen molar-refractivity contribution < 1.29 is 22.4 Å². The van der Waals surface area contributed by atoms with E-state index in [1.807, 2.05) is 13.0 Å². The molecule has 0 saturated heterocycles. The van der Waals surface area contributed by atoms with Crippen LogP contribution in [0, 0.1) is 5.82 Å². The summed E-state index contributed by atoms with van der Waals surface area (Å²) in [5.41, 5.74) is 0.695. The highest BCUT2D eigenvalue weighted by atomic mass is 35.5. The summed E-state index contributed by atoms with van der Waals surface area (Å²) in [6.07, 6.45) is 1.88. The van der Waals surface area contributed by atoms with Gasteiger partial charge in [-0.15, -0.1) is 0 Å². The fourth-order valence-corrected chi connectivity index (χ4v) is 4.63. The molecular formula is C24H31ClFN3O4S. The highest BCUT2D eigenvalue weighted by Gasteiger charge is 2.27. The molecule has 2 aromatic carbocycles. The molecule has 0 spiro atoms. The molecule has 0 saturated carbocycles. The molecule has 1 unspecified atom stereocenters. The summed E-state index contributed by atoms with van der Waals surface area (Å²) in [6, 6.07) is 11.9. The van der Waals surface area contributed by atoms with Gasteiger partial charge < -0.3 is 10.2 Å². The van der Waals surface area contributed by atoms with Crippen molar-refractivity contribution in [1.29, 1.82) is 0 Å². The fraction of sp³-hybridized carbons (Fsp3) is 0.417. The molecule has 0 aromatic heterocycles. The number of sulfonamides is 1. The van der Waals surface area contributed by atoms with Crippen molar-refractivity contribution in [3.63, 3.8) is 0 Å². The van der Waals surface area contributed by atoms with Crippen LogP contribution >= 0.6 is 11.6 Å². The molecule has 0 aliphatic carbocycles. The van der Waals surface area contributed by atoms with Gasteiger partial charge in [0.15, 0.2) is 0 Å². The molecule has 0 aliphatic rings. The summed E-state index contributed by atoms with van der Waals surface area (Å²) in [5.74, 6) is -1.26. The van der Waals surface area contributed by atoms with Crippen LogP contribution in [0.4, 0.5) is 10.1 Å². The molecule has 0 fully saturated rings. The normalized spacial score (nSPS) is 12.1. The Morgan fingerprint density at radius 3 is 2.47 bits per heavy atom. The third-order valence-electron chi connectivity index (χ3n) is 5.23. The molecule has 2 aromatic rings. The Kier molecular flexibility index (Phi) is 10.3. The van der Waals surface area contributed by atoms with Crippen LogP contribution < -0.4 is 9.62 Å². The number of hydrogen-bond donors (Lipinski definition) is 1. The predicted octanol–water partition coefficient (Wildman–Crippen LogP) is 3.97. The summed E-state index contributed by atoms with van der Waals surface area (Å²) in [4.78, 5) is 27.2. The van der Waals surface area contributed by atoms with Crippen LogP contribution in [0.5, 0.6) is 0 Å². The molecule has 10 heteroatoms. The van der Waals surface area contributed by atoms with E-state index in [0.29, 0.717) is 11.6 Å². The van der Waals surface area contributed by atoms with Gasteiger partial charge in [0.2, 0.25) is 21.8 Å². The second-order valence-electron chi connectivity index (χ2n) is 8.01. The van der Waals surface area contributed by atoms with E-state index in [2.05, 4.69) is 5.32 Å². The predicted molar refractivity (Wildman–Crippen MR) is 133 cm³/mol. The Balaban J connectivity index is 2.16. The highest BCUT2D eigenvalue weighted by Crippen LogP contribution is 2.22. The lowest BCUT2D eigenvalue weighted by molar-refractivity contribution is -0.140. The number of benzene rings is 2. The minimum atomic E-state index is -3.76. The van der Waals surface area contributed by atoms with Crippen LogP contribution in [0.1, 0.15) is 38.7 Å². The molecule has 1 atom stereocenters. The summed E-state index contributed by atoms with van der Waals surface area (Å²) in [5, 5.41) is 3.31. The standard InChI is InChI=1S/C24H31ClFN3O4S/c1-4-14-27-24(31)18(2)28(17-19-9-7-10-20(25)16-19)23(30)13-8-15-29(34(3,32)33)22-12-6-5-11-21(22)26/h5-7,9-12,16,18H,4,8,13-15,17H2,1-3H3,(H,27,31). The summed E-state index contributed by atoms with van der Waals surface area (Å²) in [6.45, 7) is 4.17. The third-order valence-corrected chi connectivity index (χ3v) is 6.65. The molecule has 0 heterocycles. The van der Waals surface area contributed by atoms with Gasteiger partial charge in [0.1, 0.15) is 11.9 Å². The second-order valence-corrected chi connectivity index (χ2v) is 10.4. The number of carbonyl (C=O) groups is 2. The Labute approximate surface area is 205 Å². The van der Waals surface area contributed by atoms with Gasteiger partial charge in [-0.1, -0.05) is 42.8 Å². The van der Waals surface area contributed by atoms with Crippen molar-refractivity contribution in [3.8, 4) is 0 Å². The Bertz CT molecular complexity index is 1100. The topological polar surface area (TPSA) is 86.8 Å². The molecule has 2 rings (SSSR count). The molecular weight excluding hydrogens is 481 g/mol. The van der Waals surface area contributed by atoms with Gasteiger partial charge in [-0.25, -0.2) is 12.8 Å². The van der Waals surface area contributed by atoms with Gasteiger partial charge in [-0.05, 0) is 49.6 Å². The molecule has 7 nitrogen and oxygen atoms in total. The number of carbonyl (C=O) groups excluding carboxylic acids is 2. The van der Waals surface area contributed by atoms with Crippen LogP contribution in [0.15, 0.2) is 48.5 Å². The minimum absolute atomic E-state index is 0.0214. The minimum Gasteiger partial charge on any atom is -0.354 e. The third kappa shape index (κ3) is 7.99. The fourth-order valence-electron chi connectivity index (χ4n) is 3.45. The highest BCUT2D eigenvalue weighted by molar-refractivity contribution is 7.92. The monoisotopic (exact) mass is 511 g/mol. The quantitative estimate of drug-likeness (QED) is 0.467. The van der Waals surface area contributed by atoms with Gasteiger partial charge in [0.25, 0.3) is 0 Å². The van der Waals surface area contributed by atoms with Crippen LogP contribution in [-0.4, -0.2) is 50.5 Å². The lowest BCUT2D eigenvalue weighted by atomic mass is 10.1. The lowest BCUT2D eigenvalue weighted by Gasteiger charge is -2.29. The average molecular weight is 512 g/mol. The number of hydrogen-bond acceptors (Lipinski definition) is 4. The zero-order chi connectivity index (χ0) is 25.3. The Hall–Kier alpha value is -2.65. The average Bonchev–Trinajstić information content (AvgIpc) is 2.78. The largest absolute Gasteiger partial charge is 0.354 e. The maximum Gasteiger partial charge on any atom is 0.242 e. The van der Waals surface area contributed by atoms with Crippen molar-refractivity contribution in [2.24, 2.45) is 0 Å². The number of nitrogens with one attached hydrogen (secondary N) is 1.